The van der Waals surface area contributed by atoms with Gasteiger partial charge in [0.1, 0.15) is 0 Å². The number of thioether (sulfide) groups is 1. The average molecular weight is 380 g/mol. The Morgan fingerprint density at radius 3 is 2.67 bits per heavy atom. The lowest BCUT2D eigenvalue weighted by Crippen LogP contribution is -2.33. The largest absolute Gasteiger partial charge is 0.342 e. The lowest BCUT2D eigenvalue weighted by molar-refractivity contribution is -0.128. The van der Waals surface area contributed by atoms with Crippen LogP contribution in [0.2, 0.25) is 0 Å². The first-order valence-corrected chi connectivity index (χ1v) is 10.4. The van der Waals surface area contributed by atoms with Gasteiger partial charge in [0.2, 0.25) is 5.91 Å². The Hall–Kier alpha value is -1.18. The van der Waals surface area contributed by atoms with Crippen LogP contribution >= 0.6 is 35.3 Å². The second-order valence-electron chi connectivity index (χ2n) is 5.92. The Balaban J connectivity index is 1.66. The summed E-state index contributed by atoms with van der Waals surface area (Å²) in [6.07, 6.45) is 4.72. The van der Waals surface area contributed by atoms with Crippen molar-refractivity contribution in [1.82, 2.24) is 14.7 Å². The second-order valence-corrected chi connectivity index (χ2v) is 8.76. The lowest BCUT2D eigenvalue weighted by atomic mass is 10.2. The molecule has 1 amide bonds. The summed E-state index contributed by atoms with van der Waals surface area (Å²) >= 11 is 8.41. The van der Waals surface area contributed by atoms with Gasteiger partial charge in [0, 0.05) is 13.1 Å². The van der Waals surface area contributed by atoms with Gasteiger partial charge in [-0.15, -0.1) is 5.10 Å². The zero-order valence-electron chi connectivity index (χ0n) is 13.7. The van der Waals surface area contributed by atoms with Crippen LogP contribution in [0.1, 0.15) is 31.2 Å². The van der Waals surface area contributed by atoms with Crippen LogP contribution in [0.5, 0.6) is 0 Å². The Bertz CT molecular complexity index is 760. The van der Waals surface area contributed by atoms with Gasteiger partial charge in [-0.25, -0.2) is 4.68 Å². The summed E-state index contributed by atoms with van der Waals surface area (Å²) < 4.78 is 3.37. The highest BCUT2D eigenvalue weighted by molar-refractivity contribution is 8.01. The van der Waals surface area contributed by atoms with E-state index in [0.717, 1.165) is 41.5 Å². The molecular formula is C17H21N3OS3. The molecular weight excluding hydrogens is 358 g/mol. The zero-order chi connectivity index (χ0) is 16.9. The molecule has 0 aliphatic carbocycles. The van der Waals surface area contributed by atoms with Gasteiger partial charge in [0.15, 0.2) is 8.29 Å². The third-order valence-corrected chi connectivity index (χ3v) is 6.50. The number of aromatic nitrogens is 2. The molecule has 1 aromatic heterocycles. The fraction of sp³-hybridized carbons (Fsp3) is 0.471. The first kappa shape index (κ1) is 17.6. The van der Waals surface area contributed by atoms with Crippen molar-refractivity contribution in [3.8, 4) is 5.69 Å². The smallest absolute Gasteiger partial charge is 0.233 e. The van der Waals surface area contributed by atoms with Gasteiger partial charge in [0.25, 0.3) is 0 Å². The minimum atomic E-state index is 0.213. The van der Waals surface area contributed by atoms with Crippen LogP contribution in [0.4, 0.5) is 0 Å². The van der Waals surface area contributed by atoms with Crippen molar-refractivity contribution in [3.05, 3.63) is 33.8 Å². The third-order valence-electron chi connectivity index (χ3n) is 4.15. The minimum absolute atomic E-state index is 0.213. The Morgan fingerprint density at radius 2 is 1.96 bits per heavy atom. The van der Waals surface area contributed by atoms with Crippen LogP contribution in [0.15, 0.2) is 28.6 Å². The van der Waals surface area contributed by atoms with E-state index >= 15 is 0 Å². The monoisotopic (exact) mass is 379 g/mol. The molecule has 0 spiro atoms. The van der Waals surface area contributed by atoms with E-state index in [-0.39, 0.29) is 5.91 Å². The van der Waals surface area contributed by atoms with Gasteiger partial charge in [-0.05, 0) is 43.6 Å². The van der Waals surface area contributed by atoms with Crippen LogP contribution in [0, 0.1) is 10.9 Å². The number of para-hydroxylation sites is 1. The molecule has 1 saturated heterocycles. The molecule has 0 radical (unpaired) electrons. The Kier molecular flexibility index (Phi) is 6.08. The van der Waals surface area contributed by atoms with Crippen LogP contribution in [0.25, 0.3) is 5.69 Å². The maximum Gasteiger partial charge on any atom is 0.233 e. The first-order chi connectivity index (χ1) is 11.6. The van der Waals surface area contributed by atoms with E-state index in [1.165, 1.54) is 35.9 Å². The summed E-state index contributed by atoms with van der Waals surface area (Å²) in [5.41, 5.74) is 2.14. The van der Waals surface area contributed by atoms with E-state index in [0.29, 0.717) is 9.71 Å². The van der Waals surface area contributed by atoms with E-state index in [9.17, 15) is 4.79 Å². The van der Waals surface area contributed by atoms with Gasteiger partial charge in [-0.1, -0.05) is 54.1 Å². The van der Waals surface area contributed by atoms with Gasteiger partial charge >= 0.3 is 0 Å². The molecule has 2 aromatic rings. The summed E-state index contributed by atoms with van der Waals surface area (Å²) in [6, 6.07) is 8.05. The molecule has 1 aliphatic heterocycles. The van der Waals surface area contributed by atoms with E-state index in [4.69, 9.17) is 12.2 Å². The second kappa shape index (κ2) is 8.27. The summed E-state index contributed by atoms with van der Waals surface area (Å²) in [5, 5.41) is 4.60. The van der Waals surface area contributed by atoms with Crippen molar-refractivity contribution in [2.45, 2.75) is 36.9 Å². The molecule has 128 valence electrons. The van der Waals surface area contributed by atoms with Crippen LogP contribution in [-0.4, -0.2) is 39.4 Å². The molecule has 3 rings (SSSR count). The summed E-state index contributed by atoms with van der Waals surface area (Å²) in [7, 11) is 0. The average Bonchev–Trinajstić information content (AvgIpc) is 2.78. The number of likely N-dealkylation sites (tertiary alicyclic amines) is 1. The number of benzene rings is 1. The number of aryl methyl sites for hydroxylation is 1. The van der Waals surface area contributed by atoms with Crippen LogP contribution in [-0.2, 0) is 4.79 Å². The van der Waals surface area contributed by atoms with Crippen molar-refractivity contribution in [2.75, 3.05) is 18.8 Å². The molecule has 24 heavy (non-hydrogen) atoms. The molecule has 2 heterocycles. The number of carbonyl (C=O) groups is 1. The molecule has 1 fully saturated rings. The molecule has 0 unspecified atom stereocenters. The predicted molar refractivity (Wildman–Crippen MR) is 103 cm³/mol. The fourth-order valence-electron chi connectivity index (χ4n) is 2.81. The molecule has 1 aliphatic rings. The highest BCUT2D eigenvalue weighted by atomic mass is 32.2. The van der Waals surface area contributed by atoms with Crippen molar-refractivity contribution in [1.29, 1.82) is 0 Å². The van der Waals surface area contributed by atoms with Gasteiger partial charge in [-0.3, -0.25) is 4.79 Å². The van der Waals surface area contributed by atoms with E-state index < -0.39 is 0 Å². The van der Waals surface area contributed by atoms with Crippen molar-refractivity contribution in [2.24, 2.45) is 0 Å². The predicted octanol–water partition coefficient (Wildman–Crippen LogP) is 4.47. The van der Waals surface area contributed by atoms with Gasteiger partial charge in [0.05, 0.1) is 11.4 Å². The normalized spacial score (nSPS) is 15.3. The Labute approximate surface area is 155 Å². The molecule has 0 saturated carbocycles. The third kappa shape index (κ3) is 4.26. The SMILES string of the molecule is Cc1ccccc1-n1nc(SCC(=O)N2CCCCCC2)sc1=S. The Morgan fingerprint density at radius 1 is 1.25 bits per heavy atom. The fourth-order valence-corrected chi connectivity index (χ4v) is 5.06. The summed E-state index contributed by atoms with van der Waals surface area (Å²) in [6.45, 7) is 3.84. The number of rotatable bonds is 4. The minimum Gasteiger partial charge on any atom is -0.342 e. The number of amides is 1. The number of nitrogens with zero attached hydrogens (tertiary/aromatic N) is 3. The lowest BCUT2D eigenvalue weighted by Gasteiger charge is -2.19. The molecule has 0 bridgehead atoms. The van der Waals surface area contributed by atoms with Crippen LogP contribution < -0.4 is 0 Å². The highest BCUT2D eigenvalue weighted by Gasteiger charge is 2.17. The molecule has 0 N–H and O–H groups in total. The molecule has 7 heteroatoms. The molecule has 4 nitrogen and oxygen atoms in total. The van der Waals surface area contributed by atoms with Crippen molar-refractivity contribution in [3.63, 3.8) is 0 Å². The number of carbonyl (C=O) groups excluding carboxylic acids is 1. The first-order valence-electron chi connectivity index (χ1n) is 8.22. The van der Waals surface area contributed by atoms with Gasteiger partial charge < -0.3 is 4.90 Å². The van der Waals surface area contributed by atoms with Crippen molar-refractivity contribution >= 4 is 41.2 Å². The topological polar surface area (TPSA) is 38.1 Å². The summed E-state index contributed by atoms with van der Waals surface area (Å²) in [4.78, 5) is 14.4. The zero-order valence-corrected chi connectivity index (χ0v) is 16.2. The van der Waals surface area contributed by atoms with Crippen molar-refractivity contribution < 1.29 is 4.79 Å². The maximum absolute atomic E-state index is 12.4. The quantitative estimate of drug-likeness (QED) is 0.580. The van der Waals surface area contributed by atoms with E-state index in [1.807, 2.05) is 36.1 Å². The number of hydrogen-bond donors (Lipinski definition) is 0. The highest BCUT2D eigenvalue weighted by Crippen LogP contribution is 2.25. The molecule has 1 aromatic carbocycles. The maximum atomic E-state index is 12.4. The molecule has 0 atom stereocenters. The standard InChI is InChI=1S/C17H21N3OS3/c1-13-8-4-5-9-14(13)20-17(22)24-16(18-20)23-12-15(21)19-10-6-2-3-7-11-19/h4-5,8-9H,2-3,6-7,10-12H2,1H3. The van der Waals surface area contributed by atoms with Crippen LogP contribution in [0.3, 0.4) is 0 Å². The summed E-state index contributed by atoms with van der Waals surface area (Å²) in [5.74, 6) is 0.654. The van der Waals surface area contributed by atoms with E-state index in [2.05, 4.69) is 5.10 Å². The van der Waals surface area contributed by atoms with Gasteiger partial charge in [-0.2, -0.15) is 0 Å². The number of hydrogen-bond acceptors (Lipinski definition) is 5. The van der Waals surface area contributed by atoms with E-state index in [1.54, 1.807) is 4.68 Å².